The highest BCUT2D eigenvalue weighted by Gasteiger charge is 2.27. The van der Waals surface area contributed by atoms with Gasteiger partial charge in [-0.2, -0.15) is 4.31 Å². The number of benzene rings is 1. The second-order valence-electron chi connectivity index (χ2n) is 3.81. The second kappa shape index (κ2) is 6.83. The predicted octanol–water partition coefficient (Wildman–Crippen LogP) is 2.70. The van der Waals surface area contributed by atoms with Crippen LogP contribution in [0.3, 0.4) is 0 Å². The lowest BCUT2D eigenvalue weighted by Gasteiger charge is -2.20. The SMILES string of the molecule is CCCN(CC(=O)O)S(=O)(=O)c1ccc(Br)cc1Br. The van der Waals surface area contributed by atoms with E-state index in [0.717, 1.165) is 8.78 Å². The molecule has 0 spiro atoms. The smallest absolute Gasteiger partial charge is 0.318 e. The van der Waals surface area contributed by atoms with Gasteiger partial charge in [-0.3, -0.25) is 4.79 Å². The molecule has 0 fully saturated rings. The number of sulfonamides is 1. The summed E-state index contributed by atoms with van der Waals surface area (Å²) in [6.07, 6.45) is 0.542. The summed E-state index contributed by atoms with van der Waals surface area (Å²) in [6.45, 7) is 1.41. The molecule has 0 saturated carbocycles. The Morgan fingerprint density at radius 3 is 2.47 bits per heavy atom. The summed E-state index contributed by atoms with van der Waals surface area (Å²) in [6, 6.07) is 4.65. The Hall–Kier alpha value is -0.440. The molecule has 0 unspecified atom stereocenters. The number of aliphatic carboxylic acids is 1. The zero-order valence-corrected chi connectivity index (χ0v) is 14.1. The Morgan fingerprint density at radius 2 is 2.00 bits per heavy atom. The molecule has 1 aromatic carbocycles. The van der Waals surface area contributed by atoms with E-state index in [1.807, 2.05) is 0 Å². The monoisotopic (exact) mass is 413 g/mol. The molecular weight excluding hydrogens is 402 g/mol. The van der Waals surface area contributed by atoms with Gasteiger partial charge in [-0.25, -0.2) is 8.42 Å². The molecule has 0 bridgehead atoms. The highest BCUT2D eigenvalue weighted by atomic mass is 79.9. The Morgan fingerprint density at radius 1 is 1.37 bits per heavy atom. The fraction of sp³-hybridized carbons (Fsp3) is 0.364. The number of carboxylic acids is 1. The van der Waals surface area contributed by atoms with Crippen LogP contribution in [0.4, 0.5) is 0 Å². The van der Waals surface area contributed by atoms with Crippen LogP contribution in [-0.2, 0) is 14.8 Å². The second-order valence-corrected chi connectivity index (χ2v) is 7.48. The van der Waals surface area contributed by atoms with Gasteiger partial charge in [0.15, 0.2) is 0 Å². The van der Waals surface area contributed by atoms with Gasteiger partial charge >= 0.3 is 5.97 Å². The Bertz CT molecular complexity index is 574. The van der Waals surface area contributed by atoms with Crippen molar-refractivity contribution in [2.24, 2.45) is 0 Å². The molecule has 1 N–H and O–H groups in total. The molecule has 0 aliphatic heterocycles. The molecule has 0 aromatic heterocycles. The summed E-state index contributed by atoms with van der Waals surface area (Å²) in [5.74, 6) is -1.18. The van der Waals surface area contributed by atoms with Crippen molar-refractivity contribution >= 4 is 47.9 Å². The minimum atomic E-state index is -3.82. The van der Waals surface area contributed by atoms with Crippen LogP contribution < -0.4 is 0 Å². The van der Waals surface area contributed by atoms with Crippen molar-refractivity contribution < 1.29 is 18.3 Å². The highest BCUT2D eigenvalue weighted by molar-refractivity contribution is 9.11. The molecule has 1 rings (SSSR count). The summed E-state index contributed by atoms with van der Waals surface area (Å²) < 4.78 is 26.9. The van der Waals surface area contributed by atoms with Crippen LogP contribution >= 0.6 is 31.9 Å². The number of hydrogen-bond donors (Lipinski definition) is 1. The number of halogens is 2. The standard InChI is InChI=1S/C11H13Br2NO4S/c1-2-5-14(7-11(15)16)19(17,18)10-4-3-8(12)6-9(10)13/h3-4,6H,2,5,7H2,1H3,(H,15,16). The summed E-state index contributed by atoms with van der Waals surface area (Å²) >= 11 is 6.42. The van der Waals surface area contributed by atoms with E-state index in [1.165, 1.54) is 6.07 Å². The molecular formula is C11H13Br2NO4S. The van der Waals surface area contributed by atoms with E-state index >= 15 is 0 Å². The quantitative estimate of drug-likeness (QED) is 0.776. The van der Waals surface area contributed by atoms with Crippen molar-refractivity contribution in [2.75, 3.05) is 13.1 Å². The molecule has 0 aliphatic carbocycles. The van der Waals surface area contributed by atoms with Gasteiger partial charge in [-0.05, 0) is 40.5 Å². The first-order valence-electron chi connectivity index (χ1n) is 5.46. The van der Waals surface area contributed by atoms with E-state index in [2.05, 4.69) is 31.9 Å². The maximum atomic E-state index is 12.4. The van der Waals surface area contributed by atoms with Gasteiger partial charge in [0.2, 0.25) is 10.0 Å². The van der Waals surface area contributed by atoms with E-state index in [4.69, 9.17) is 5.11 Å². The van der Waals surface area contributed by atoms with Crippen LogP contribution in [0.25, 0.3) is 0 Å². The van der Waals surface area contributed by atoms with Crippen molar-refractivity contribution in [2.45, 2.75) is 18.2 Å². The largest absolute Gasteiger partial charge is 0.480 e. The molecule has 0 amide bonds. The van der Waals surface area contributed by atoms with E-state index < -0.39 is 22.5 Å². The van der Waals surface area contributed by atoms with Crippen LogP contribution in [0.1, 0.15) is 13.3 Å². The van der Waals surface area contributed by atoms with Crippen molar-refractivity contribution in [1.29, 1.82) is 0 Å². The van der Waals surface area contributed by atoms with Crippen LogP contribution in [0, 0.1) is 0 Å². The number of carbonyl (C=O) groups is 1. The number of carboxylic acid groups (broad SMARTS) is 1. The van der Waals surface area contributed by atoms with Crippen molar-refractivity contribution in [3.8, 4) is 0 Å². The maximum Gasteiger partial charge on any atom is 0.318 e. The number of hydrogen-bond acceptors (Lipinski definition) is 3. The minimum absolute atomic E-state index is 0.0606. The Kier molecular flexibility index (Phi) is 5.97. The van der Waals surface area contributed by atoms with Crippen LogP contribution in [0.15, 0.2) is 32.0 Å². The molecule has 0 saturated heterocycles. The van der Waals surface area contributed by atoms with Gasteiger partial charge in [-0.15, -0.1) is 0 Å². The molecule has 0 radical (unpaired) electrons. The van der Waals surface area contributed by atoms with Gasteiger partial charge in [0.05, 0.1) is 4.90 Å². The summed E-state index contributed by atoms with van der Waals surface area (Å²) in [4.78, 5) is 10.8. The summed E-state index contributed by atoms with van der Waals surface area (Å²) in [5, 5.41) is 8.81. The van der Waals surface area contributed by atoms with Gasteiger partial charge in [-0.1, -0.05) is 22.9 Å². The van der Waals surface area contributed by atoms with E-state index in [0.29, 0.717) is 10.9 Å². The van der Waals surface area contributed by atoms with Crippen LogP contribution in [-0.4, -0.2) is 36.9 Å². The normalized spacial score (nSPS) is 11.8. The third-order valence-corrected chi connectivity index (χ3v) is 5.61. The van der Waals surface area contributed by atoms with Gasteiger partial charge in [0, 0.05) is 15.5 Å². The van der Waals surface area contributed by atoms with E-state index in [-0.39, 0.29) is 11.4 Å². The zero-order chi connectivity index (χ0) is 14.6. The van der Waals surface area contributed by atoms with Crippen LogP contribution in [0.2, 0.25) is 0 Å². The lowest BCUT2D eigenvalue weighted by Crippen LogP contribution is -2.36. The van der Waals surface area contributed by atoms with Crippen molar-refractivity contribution in [3.05, 3.63) is 27.1 Å². The fourth-order valence-electron chi connectivity index (χ4n) is 1.51. The molecule has 0 atom stereocenters. The van der Waals surface area contributed by atoms with Crippen LogP contribution in [0.5, 0.6) is 0 Å². The minimum Gasteiger partial charge on any atom is -0.480 e. The molecule has 1 aromatic rings. The number of rotatable bonds is 6. The van der Waals surface area contributed by atoms with E-state index in [9.17, 15) is 13.2 Å². The van der Waals surface area contributed by atoms with Gasteiger partial charge in [0.25, 0.3) is 0 Å². The topological polar surface area (TPSA) is 74.7 Å². The first kappa shape index (κ1) is 16.6. The number of nitrogens with zero attached hydrogens (tertiary/aromatic N) is 1. The molecule has 0 aliphatic rings. The van der Waals surface area contributed by atoms with E-state index in [1.54, 1.807) is 19.1 Å². The summed E-state index contributed by atoms with van der Waals surface area (Å²) in [7, 11) is -3.82. The molecule has 8 heteroatoms. The Balaban J connectivity index is 3.22. The lowest BCUT2D eigenvalue weighted by molar-refractivity contribution is -0.137. The molecule has 106 valence electrons. The first-order chi connectivity index (χ1) is 8.78. The third kappa shape index (κ3) is 4.27. The molecule has 19 heavy (non-hydrogen) atoms. The third-order valence-electron chi connectivity index (χ3n) is 2.30. The predicted molar refractivity (Wildman–Crippen MR) is 78.5 cm³/mol. The maximum absolute atomic E-state index is 12.4. The lowest BCUT2D eigenvalue weighted by atomic mass is 10.4. The summed E-state index contributed by atoms with van der Waals surface area (Å²) in [5.41, 5.74) is 0. The first-order valence-corrected chi connectivity index (χ1v) is 8.48. The average molecular weight is 415 g/mol. The van der Waals surface area contributed by atoms with Crippen molar-refractivity contribution in [1.82, 2.24) is 4.31 Å². The fourth-order valence-corrected chi connectivity index (χ4v) is 4.70. The van der Waals surface area contributed by atoms with Gasteiger partial charge in [0.1, 0.15) is 6.54 Å². The molecule has 5 nitrogen and oxygen atoms in total. The zero-order valence-electron chi connectivity index (χ0n) is 10.1. The molecule has 0 heterocycles. The van der Waals surface area contributed by atoms with Crippen molar-refractivity contribution in [3.63, 3.8) is 0 Å². The Labute approximate surface area is 128 Å². The highest BCUT2D eigenvalue weighted by Crippen LogP contribution is 2.28. The average Bonchev–Trinajstić information content (AvgIpc) is 2.27. The van der Waals surface area contributed by atoms with Gasteiger partial charge < -0.3 is 5.11 Å².